The van der Waals surface area contributed by atoms with Gasteiger partial charge in [-0.05, 0) is 87.9 Å². The highest BCUT2D eigenvalue weighted by molar-refractivity contribution is 7.99. The van der Waals surface area contributed by atoms with Crippen molar-refractivity contribution in [3.63, 3.8) is 0 Å². The molecule has 3 aromatic rings. The van der Waals surface area contributed by atoms with Crippen molar-refractivity contribution in [2.24, 2.45) is 0 Å². The Morgan fingerprint density at radius 1 is 1.06 bits per heavy atom. The number of likely N-dealkylation sites (tertiary alicyclic amines) is 2. The van der Waals surface area contributed by atoms with Gasteiger partial charge in [-0.1, -0.05) is 17.8 Å². The van der Waals surface area contributed by atoms with Gasteiger partial charge in [0.15, 0.2) is 5.16 Å². The summed E-state index contributed by atoms with van der Waals surface area (Å²) in [6, 6.07) is 10.5. The maximum absolute atomic E-state index is 5.53. The highest BCUT2D eigenvalue weighted by Gasteiger charge is 2.27. The van der Waals surface area contributed by atoms with Gasteiger partial charge in [-0.25, -0.2) is 0 Å². The standard InChI is InChI=1S/C26H35N5OS2/c1-20-10-16-33-24(20)19-30-13-8-21(9-14-30)25-27-28-26(34-17-15-29-11-3-4-12-29)31(25)22-6-5-7-23(18-22)32-2/h5-7,10,16,18,21H,3-4,8-9,11-15,17,19H2,1-2H3. The molecule has 2 aliphatic rings. The van der Waals surface area contributed by atoms with Crippen LogP contribution in [0.5, 0.6) is 5.75 Å². The third-order valence-corrected chi connectivity index (χ3v) is 9.01. The number of ether oxygens (including phenoxy) is 1. The van der Waals surface area contributed by atoms with Crippen molar-refractivity contribution in [1.29, 1.82) is 0 Å². The molecule has 0 unspecified atom stereocenters. The molecular weight excluding hydrogens is 462 g/mol. The van der Waals surface area contributed by atoms with E-state index in [4.69, 9.17) is 9.84 Å². The number of rotatable bonds is 9. The topological polar surface area (TPSA) is 46.4 Å². The lowest BCUT2D eigenvalue weighted by molar-refractivity contribution is 0.202. The number of thioether (sulfide) groups is 1. The minimum absolute atomic E-state index is 0.423. The molecular formula is C26H35N5OS2. The number of hydrogen-bond acceptors (Lipinski definition) is 7. The van der Waals surface area contributed by atoms with Gasteiger partial charge in [0.2, 0.25) is 0 Å². The first-order valence-electron chi connectivity index (χ1n) is 12.4. The summed E-state index contributed by atoms with van der Waals surface area (Å²) in [5, 5.41) is 12.6. The van der Waals surface area contributed by atoms with Crippen LogP contribution < -0.4 is 4.74 Å². The molecule has 6 nitrogen and oxygen atoms in total. The molecule has 4 heterocycles. The highest BCUT2D eigenvalue weighted by Crippen LogP contribution is 2.33. The zero-order valence-electron chi connectivity index (χ0n) is 20.3. The summed E-state index contributed by atoms with van der Waals surface area (Å²) >= 11 is 3.71. The first-order chi connectivity index (χ1) is 16.7. The molecule has 0 aliphatic carbocycles. The molecule has 2 fully saturated rings. The lowest BCUT2D eigenvalue weighted by atomic mass is 9.95. The second-order valence-corrected chi connectivity index (χ2v) is 11.4. The molecule has 0 bridgehead atoms. The van der Waals surface area contributed by atoms with Gasteiger partial charge in [0.05, 0.1) is 12.8 Å². The van der Waals surface area contributed by atoms with Crippen LogP contribution in [-0.4, -0.2) is 70.2 Å². The van der Waals surface area contributed by atoms with Crippen LogP contribution in [0.25, 0.3) is 5.69 Å². The smallest absolute Gasteiger partial charge is 0.195 e. The van der Waals surface area contributed by atoms with Gasteiger partial charge in [0.25, 0.3) is 0 Å². The number of aromatic nitrogens is 3. The number of piperidine rings is 1. The molecule has 0 spiro atoms. The third-order valence-electron chi connectivity index (χ3n) is 7.10. The number of thiophene rings is 1. The van der Waals surface area contributed by atoms with Gasteiger partial charge >= 0.3 is 0 Å². The van der Waals surface area contributed by atoms with Crippen molar-refractivity contribution in [2.75, 3.05) is 45.6 Å². The van der Waals surface area contributed by atoms with Crippen molar-refractivity contribution < 1.29 is 4.74 Å². The molecule has 2 aromatic heterocycles. The van der Waals surface area contributed by atoms with E-state index in [0.29, 0.717) is 5.92 Å². The van der Waals surface area contributed by atoms with Gasteiger partial charge < -0.3 is 9.64 Å². The highest BCUT2D eigenvalue weighted by atomic mass is 32.2. The fourth-order valence-electron chi connectivity index (χ4n) is 5.02. The van der Waals surface area contributed by atoms with E-state index in [1.54, 1.807) is 7.11 Å². The molecule has 0 radical (unpaired) electrons. The Hall–Kier alpha value is -1.87. The monoisotopic (exact) mass is 497 g/mol. The SMILES string of the molecule is COc1cccc(-n2c(SCCN3CCCC3)nnc2C2CCN(Cc3sccc3C)CC2)c1. The Balaban J connectivity index is 1.31. The summed E-state index contributed by atoms with van der Waals surface area (Å²) in [6.45, 7) is 9.07. The largest absolute Gasteiger partial charge is 0.497 e. The van der Waals surface area contributed by atoms with Crippen LogP contribution in [0.2, 0.25) is 0 Å². The van der Waals surface area contributed by atoms with Crippen molar-refractivity contribution in [1.82, 2.24) is 24.6 Å². The maximum atomic E-state index is 5.53. The predicted molar refractivity (Wildman–Crippen MR) is 141 cm³/mol. The van der Waals surface area contributed by atoms with Gasteiger partial charge in [0.1, 0.15) is 11.6 Å². The van der Waals surface area contributed by atoms with Crippen LogP contribution in [0.4, 0.5) is 0 Å². The predicted octanol–water partition coefficient (Wildman–Crippen LogP) is 5.21. The number of nitrogens with zero attached hydrogens (tertiary/aromatic N) is 5. The van der Waals surface area contributed by atoms with Crippen molar-refractivity contribution >= 4 is 23.1 Å². The summed E-state index contributed by atoms with van der Waals surface area (Å²) in [7, 11) is 1.73. The summed E-state index contributed by atoms with van der Waals surface area (Å²) in [5.74, 6) is 3.43. The fourth-order valence-corrected chi connectivity index (χ4v) is 6.93. The molecule has 34 heavy (non-hydrogen) atoms. The maximum Gasteiger partial charge on any atom is 0.195 e. The Kier molecular flexibility index (Phi) is 7.89. The van der Waals surface area contributed by atoms with E-state index < -0.39 is 0 Å². The molecule has 2 saturated heterocycles. The molecule has 0 amide bonds. The minimum atomic E-state index is 0.423. The minimum Gasteiger partial charge on any atom is -0.497 e. The lowest BCUT2D eigenvalue weighted by Gasteiger charge is -2.31. The van der Waals surface area contributed by atoms with Gasteiger partial charge in [-0.15, -0.1) is 21.5 Å². The van der Waals surface area contributed by atoms with Crippen molar-refractivity contribution in [3.05, 3.63) is 52.0 Å². The quantitative estimate of drug-likeness (QED) is 0.378. The number of methoxy groups -OCH3 is 1. The first-order valence-corrected chi connectivity index (χ1v) is 14.3. The zero-order chi connectivity index (χ0) is 23.3. The van der Waals surface area contributed by atoms with E-state index in [0.717, 1.165) is 67.2 Å². The van der Waals surface area contributed by atoms with Crippen LogP contribution in [0.15, 0.2) is 40.9 Å². The molecule has 0 atom stereocenters. The van der Waals surface area contributed by atoms with E-state index >= 15 is 0 Å². The molecule has 0 N–H and O–H groups in total. The average Bonchev–Trinajstić information content (AvgIpc) is 3.62. The van der Waals surface area contributed by atoms with E-state index in [-0.39, 0.29) is 0 Å². The van der Waals surface area contributed by atoms with Crippen molar-refractivity contribution in [2.45, 2.75) is 50.2 Å². The normalized spacial score (nSPS) is 18.1. The van der Waals surface area contributed by atoms with Crippen LogP contribution in [-0.2, 0) is 6.54 Å². The molecule has 8 heteroatoms. The van der Waals surface area contributed by atoms with E-state index in [9.17, 15) is 0 Å². The zero-order valence-corrected chi connectivity index (χ0v) is 21.9. The summed E-state index contributed by atoms with van der Waals surface area (Å²) in [5.41, 5.74) is 2.51. The second-order valence-electron chi connectivity index (χ2n) is 9.35. The van der Waals surface area contributed by atoms with Crippen LogP contribution >= 0.6 is 23.1 Å². The Labute approximate surface area is 211 Å². The van der Waals surface area contributed by atoms with Crippen molar-refractivity contribution in [3.8, 4) is 11.4 Å². The molecule has 182 valence electrons. The molecule has 0 saturated carbocycles. The Morgan fingerprint density at radius 2 is 1.88 bits per heavy atom. The number of benzene rings is 1. The first kappa shape index (κ1) is 23.9. The number of aryl methyl sites for hydroxylation is 1. The fraction of sp³-hybridized carbons (Fsp3) is 0.538. The van der Waals surface area contributed by atoms with Gasteiger partial charge in [-0.3, -0.25) is 9.47 Å². The number of hydrogen-bond donors (Lipinski definition) is 0. The summed E-state index contributed by atoms with van der Waals surface area (Å²) in [6.07, 6.45) is 4.90. The second kappa shape index (κ2) is 11.2. The molecule has 2 aliphatic heterocycles. The molecule has 5 rings (SSSR count). The van der Waals surface area contributed by atoms with E-state index in [2.05, 4.69) is 56.0 Å². The van der Waals surface area contributed by atoms with Crippen LogP contribution in [0.3, 0.4) is 0 Å². The third kappa shape index (κ3) is 5.51. The van der Waals surface area contributed by atoms with Gasteiger partial charge in [-0.2, -0.15) is 0 Å². The van der Waals surface area contributed by atoms with Crippen LogP contribution in [0, 0.1) is 6.92 Å². The van der Waals surface area contributed by atoms with Crippen LogP contribution in [0.1, 0.15) is 47.9 Å². The lowest BCUT2D eigenvalue weighted by Crippen LogP contribution is -2.33. The van der Waals surface area contributed by atoms with E-state index in [1.165, 1.54) is 36.4 Å². The Bertz CT molecular complexity index is 1070. The Morgan fingerprint density at radius 3 is 2.62 bits per heavy atom. The summed E-state index contributed by atoms with van der Waals surface area (Å²) in [4.78, 5) is 6.65. The average molecular weight is 498 g/mol. The van der Waals surface area contributed by atoms with Gasteiger partial charge in [0, 0.05) is 35.7 Å². The summed E-state index contributed by atoms with van der Waals surface area (Å²) < 4.78 is 7.82. The van der Waals surface area contributed by atoms with E-state index in [1.807, 2.05) is 29.2 Å². The molecule has 1 aromatic carbocycles.